The molecule has 1 aromatic carbocycles. The molecule has 6 nitrogen and oxygen atoms in total. The van der Waals surface area contributed by atoms with Gasteiger partial charge in [0.25, 0.3) is 0 Å². The second-order valence-corrected chi connectivity index (χ2v) is 5.49. The molecule has 0 heterocycles. The third-order valence-corrected chi connectivity index (χ3v) is 3.86. The van der Waals surface area contributed by atoms with E-state index in [1.54, 1.807) is 6.92 Å². The Balaban J connectivity index is 3.06. The molecule has 18 heavy (non-hydrogen) atoms. The van der Waals surface area contributed by atoms with Gasteiger partial charge in [0.2, 0.25) is 10.0 Å². The molecule has 0 saturated heterocycles. The molecule has 0 aliphatic carbocycles. The van der Waals surface area contributed by atoms with Crippen LogP contribution >= 0.6 is 0 Å². The van der Waals surface area contributed by atoms with Crippen LogP contribution in [0.2, 0.25) is 0 Å². The van der Waals surface area contributed by atoms with Gasteiger partial charge in [0, 0.05) is 12.6 Å². The highest BCUT2D eigenvalue weighted by Crippen LogP contribution is 2.12. The van der Waals surface area contributed by atoms with E-state index in [4.69, 9.17) is 5.73 Å². The van der Waals surface area contributed by atoms with Crippen LogP contribution in [-0.4, -0.2) is 34.1 Å². The normalized spacial score (nSPS) is 13.1. The quantitative estimate of drug-likeness (QED) is 0.741. The number of benzene rings is 1. The van der Waals surface area contributed by atoms with Gasteiger partial charge in [-0.1, -0.05) is 6.07 Å². The van der Waals surface area contributed by atoms with Crippen molar-refractivity contribution in [2.75, 3.05) is 13.7 Å². The summed E-state index contributed by atoms with van der Waals surface area (Å²) in [5.74, 6) is -0.584. The lowest BCUT2D eigenvalue weighted by Gasteiger charge is -2.12. The Morgan fingerprint density at radius 3 is 2.72 bits per heavy atom. The first-order valence-electron chi connectivity index (χ1n) is 5.31. The predicted octanol–water partition coefficient (Wildman–Crippen LogP) is 0.0987. The van der Waals surface area contributed by atoms with Crippen molar-refractivity contribution in [2.45, 2.75) is 17.9 Å². The molecule has 0 spiro atoms. The Morgan fingerprint density at radius 2 is 2.17 bits per heavy atom. The van der Waals surface area contributed by atoms with Crippen LogP contribution < -0.4 is 10.5 Å². The molecule has 7 heteroatoms. The lowest BCUT2D eigenvalue weighted by atomic mass is 10.2. The molecule has 0 bridgehead atoms. The first kappa shape index (κ1) is 14.6. The Labute approximate surface area is 106 Å². The molecular weight excluding hydrogens is 256 g/mol. The summed E-state index contributed by atoms with van der Waals surface area (Å²) in [7, 11) is -2.44. The van der Waals surface area contributed by atoms with E-state index in [9.17, 15) is 13.2 Å². The summed E-state index contributed by atoms with van der Waals surface area (Å²) in [4.78, 5) is 11.3. The van der Waals surface area contributed by atoms with Crippen LogP contribution in [0.5, 0.6) is 0 Å². The van der Waals surface area contributed by atoms with Gasteiger partial charge in [0.1, 0.15) is 0 Å². The first-order chi connectivity index (χ1) is 8.40. The molecule has 0 saturated carbocycles. The van der Waals surface area contributed by atoms with E-state index < -0.39 is 16.0 Å². The smallest absolute Gasteiger partial charge is 0.337 e. The Hall–Kier alpha value is -1.44. The molecule has 100 valence electrons. The van der Waals surface area contributed by atoms with Gasteiger partial charge in [-0.15, -0.1) is 0 Å². The van der Waals surface area contributed by atoms with Gasteiger partial charge < -0.3 is 10.5 Å². The monoisotopic (exact) mass is 272 g/mol. The number of hydrogen-bond acceptors (Lipinski definition) is 5. The lowest BCUT2D eigenvalue weighted by molar-refractivity contribution is 0.0600. The number of hydrogen-bond donors (Lipinski definition) is 2. The van der Waals surface area contributed by atoms with E-state index >= 15 is 0 Å². The highest BCUT2D eigenvalue weighted by molar-refractivity contribution is 7.89. The lowest BCUT2D eigenvalue weighted by Crippen LogP contribution is -2.37. The minimum atomic E-state index is -3.67. The van der Waals surface area contributed by atoms with Crippen molar-refractivity contribution >= 4 is 16.0 Å². The maximum atomic E-state index is 11.9. The van der Waals surface area contributed by atoms with Gasteiger partial charge in [0.05, 0.1) is 17.6 Å². The zero-order valence-electron chi connectivity index (χ0n) is 10.2. The largest absolute Gasteiger partial charge is 0.465 e. The SMILES string of the molecule is COC(=O)c1cccc(S(=O)(=O)N[C@@H](C)CN)c1. The van der Waals surface area contributed by atoms with Gasteiger partial charge in [-0.2, -0.15) is 0 Å². The molecule has 0 aliphatic rings. The Bertz CT molecular complexity index is 528. The van der Waals surface area contributed by atoms with Gasteiger partial charge in [0.15, 0.2) is 0 Å². The minimum absolute atomic E-state index is 0.00528. The van der Waals surface area contributed by atoms with Crippen LogP contribution in [0.1, 0.15) is 17.3 Å². The number of nitrogens with one attached hydrogen (secondary N) is 1. The molecule has 0 fully saturated rings. The standard InChI is InChI=1S/C11H16N2O4S/c1-8(7-12)13-18(15,16)10-5-3-4-9(6-10)11(14)17-2/h3-6,8,13H,7,12H2,1-2H3/t8-/m0/s1. The zero-order chi connectivity index (χ0) is 13.8. The number of esters is 1. The number of carbonyl (C=O) groups excluding carboxylic acids is 1. The van der Waals surface area contributed by atoms with Gasteiger partial charge >= 0.3 is 5.97 Å². The Morgan fingerprint density at radius 1 is 1.50 bits per heavy atom. The number of nitrogens with two attached hydrogens (primary N) is 1. The maximum Gasteiger partial charge on any atom is 0.337 e. The summed E-state index contributed by atoms with van der Waals surface area (Å²) >= 11 is 0. The van der Waals surface area contributed by atoms with Crippen molar-refractivity contribution in [1.82, 2.24) is 4.72 Å². The third-order valence-electron chi connectivity index (χ3n) is 2.28. The highest BCUT2D eigenvalue weighted by atomic mass is 32.2. The van der Waals surface area contributed by atoms with E-state index in [1.165, 1.54) is 31.4 Å². The third kappa shape index (κ3) is 3.52. The fourth-order valence-electron chi connectivity index (χ4n) is 1.29. The summed E-state index contributed by atoms with van der Waals surface area (Å²) in [5.41, 5.74) is 5.54. The fourth-order valence-corrected chi connectivity index (χ4v) is 2.59. The van der Waals surface area contributed by atoms with Crippen molar-refractivity contribution in [3.63, 3.8) is 0 Å². The minimum Gasteiger partial charge on any atom is -0.465 e. The zero-order valence-corrected chi connectivity index (χ0v) is 11.0. The predicted molar refractivity (Wildman–Crippen MR) is 66.6 cm³/mol. The second kappa shape index (κ2) is 5.94. The number of methoxy groups -OCH3 is 1. The van der Waals surface area contributed by atoms with E-state index in [-0.39, 0.29) is 23.0 Å². The molecule has 0 aliphatic heterocycles. The number of sulfonamides is 1. The first-order valence-corrected chi connectivity index (χ1v) is 6.80. The highest BCUT2D eigenvalue weighted by Gasteiger charge is 2.18. The average molecular weight is 272 g/mol. The van der Waals surface area contributed by atoms with Crippen LogP contribution in [0.4, 0.5) is 0 Å². The van der Waals surface area contributed by atoms with Crippen molar-refractivity contribution in [3.05, 3.63) is 29.8 Å². The Kier molecular flexibility index (Phi) is 4.83. The number of ether oxygens (including phenoxy) is 1. The molecule has 0 radical (unpaired) electrons. The number of rotatable bonds is 5. The van der Waals surface area contributed by atoms with Gasteiger partial charge in [-0.3, -0.25) is 0 Å². The van der Waals surface area contributed by atoms with Crippen LogP contribution in [0.25, 0.3) is 0 Å². The van der Waals surface area contributed by atoms with Crippen molar-refractivity contribution < 1.29 is 17.9 Å². The molecular formula is C11H16N2O4S. The second-order valence-electron chi connectivity index (χ2n) is 3.78. The topological polar surface area (TPSA) is 98.5 Å². The van der Waals surface area contributed by atoms with Crippen LogP contribution in [-0.2, 0) is 14.8 Å². The van der Waals surface area contributed by atoms with Crippen LogP contribution in [0.15, 0.2) is 29.2 Å². The van der Waals surface area contributed by atoms with Crippen LogP contribution in [0, 0.1) is 0 Å². The van der Waals surface area contributed by atoms with Crippen molar-refractivity contribution in [1.29, 1.82) is 0 Å². The molecule has 1 rings (SSSR count). The fraction of sp³-hybridized carbons (Fsp3) is 0.364. The average Bonchev–Trinajstić information content (AvgIpc) is 2.37. The molecule has 1 aromatic rings. The van der Waals surface area contributed by atoms with Crippen LogP contribution in [0.3, 0.4) is 0 Å². The summed E-state index contributed by atoms with van der Waals surface area (Å²) in [5, 5.41) is 0. The van der Waals surface area contributed by atoms with Gasteiger partial charge in [-0.25, -0.2) is 17.9 Å². The van der Waals surface area contributed by atoms with Gasteiger partial charge in [-0.05, 0) is 25.1 Å². The molecule has 0 aromatic heterocycles. The van der Waals surface area contributed by atoms with E-state index in [0.717, 1.165) is 0 Å². The molecule has 0 unspecified atom stereocenters. The summed E-state index contributed by atoms with van der Waals surface area (Å²) in [6, 6.07) is 5.25. The van der Waals surface area contributed by atoms with E-state index in [1.807, 2.05) is 0 Å². The molecule has 3 N–H and O–H groups in total. The summed E-state index contributed by atoms with van der Waals surface area (Å²) < 4.78 is 30.8. The summed E-state index contributed by atoms with van der Waals surface area (Å²) in [6.45, 7) is 1.84. The van der Waals surface area contributed by atoms with Crippen molar-refractivity contribution in [2.24, 2.45) is 5.73 Å². The summed E-state index contributed by atoms with van der Waals surface area (Å²) in [6.07, 6.45) is 0. The van der Waals surface area contributed by atoms with E-state index in [0.29, 0.717) is 0 Å². The van der Waals surface area contributed by atoms with E-state index in [2.05, 4.69) is 9.46 Å². The maximum absolute atomic E-state index is 11.9. The molecule has 1 atom stereocenters. The van der Waals surface area contributed by atoms with Crippen molar-refractivity contribution in [3.8, 4) is 0 Å². The molecule has 0 amide bonds. The number of carbonyl (C=O) groups is 1.